The molecule has 0 heterocycles. The van der Waals surface area contributed by atoms with Crippen molar-refractivity contribution in [2.75, 3.05) is 6.54 Å². The number of aliphatic hydroxyl groups is 1. The van der Waals surface area contributed by atoms with E-state index in [9.17, 15) is 13.5 Å². The summed E-state index contributed by atoms with van der Waals surface area (Å²) in [5.41, 5.74) is -0.424. The maximum Gasteiger partial charge on any atom is 0.241 e. The second kappa shape index (κ2) is 6.36. The zero-order valence-corrected chi connectivity index (χ0v) is 14.8. The van der Waals surface area contributed by atoms with E-state index in [1.165, 1.54) is 6.07 Å². The van der Waals surface area contributed by atoms with Crippen molar-refractivity contribution >= 4 is 26.0 Å². The highest BCUT2D eigenvalue weighted by atomic mass is 79.9. The van der Waals surface area contributed by atoms with Gasteiger partial charge in [-0.05, 0) is 52.4 Å². The van der Waals surface area contributed by atoms with Gasteiger partial charge in [0, 0.05) is 11.0 Å². The molecule has 1 atom stereocenters. The molecule has 0 amide bonds. The Bertz CT molecular complexity index is 790. The maximum absolute atomic E-state index is 12.5. The zero-order chi connectivity index (χ0) is 16.5. The Hall–Kier alpha value is -1.21. The van der Waals surface area contributed by atoms with Gasteiger partial charge in [0.15, 0.2) is 0 Å². The van der Waals surface area contributed by atoms with Crippen LogP contribution in [0.2, 0.25) is 0 Å². The first kappa shape index (κ1) is 16.6. The smallest absolute Gasteiger partial charge is 0.241 e. The number of benzene rings is 2. The van der Waals surface area contributed by atoms with E-state index in [1.807, 2.05) is 30.3 Å². The molecule has 0 spiro atoms. The van der Waals surface area contributed by atoms with E-state index in [4.69, 9.17) is 0 Å². The lowest BCUT2D eigenvalue weighted by molar-refractivity contribution is 0.0185. The Kier molecular flexibility index (Phi) is 4.60. The molecule has 0 bridgehead atoms. The van der Waals surface area contributed by atoms with Crippen molar-refractivity contribution in [1.82, 2.24) is 4.72 Å². The molecule has 2 aromatic carbocycles. The minimum Gasteiger partial charge on any atom is -0.383 e. The van der Waals surface area contributed by atoms with Crippen molar-refractivity contribution in [2.45, 2.75) is 23.3 Å². The fraction of sp³-hybridized carbons (Fsp3) is 0.294. The fourth-order valence-electron chi connectivity index (χ4n) is 2.72. The Balaban J connectivity index is 1.84. The number of sulfonamides is 1. The highest BCUT2D eigenvalue weighted by Crippen LogP contribution is 2.45. The van der Waals surface area contributed by atoms with Crippen LogP contribution in [0, 0.1) is 5.92 Å². The van der Waals surface area contributed by atoms with Crippen LogP contribution in [0.3, 0.4) is 0 Å². The molecule has 0 aromatic heterocycles. The lowest BCUT2D eigenvalue weighted by Crippen LogP contribution is -2.42. The van der Waals surface area contributed by atoms with Gasteiger partial charge in [-0.2, -0.15) is 0 Å². The predicted octanol–water partition coefficient (Wildman–Crippen LogP) is 3.03. The molecule has 4 nitrogen and oxygen atoms in total. The first-order valence-corrected chi connectivity index (χ1v) is 9.73. The third-order valence-electron chi connectivity index (χ3n) is 4.18. The van der Waals surface area contributed by atoms with Crippen molar-refractivity contribution in [1.29, 1.82) is 0 Å². The first-order valence-electron chi connectivity index (χ1n) is 7.45. The van der Waals surface area contributed by atoms with E-state index < -0.39 is 15.6 Å². The molecule has 0 unspecified atom stereocenters. The van der Waals surface area contributed by atoms with Gasteiger partial charge in [0.1, 0.15) is 5.60 Å². The van der Waals surface area contributed by atoms with Gasteiger partial charge in [-0.15, -0.1) is 0 Å². The van der Waals surface area contributed by atoms with Crippen LogP contribution in [0.5, 0.6) is 0 Å². The Labute approximate surface area is 144 Å². The van der Waals surface area contributed by atoms with Crippen LogP contribution < -0.4 is 4.72 Å². The third-order valence-corrected chi connectivity index (χ3v) is 6.60. The lowest BCUT2D eigenvalue weighted by Gasteiger charge is -2.29. The molecular weight excluding hydrogens is 378 g/mol. The summed E-state index contributed by atoms with van der Waals surface area (Å²) >= 11 is 3.26. The van der Waals surface area contributed by atoms with Crippen LogP contribution in [0.15, 0.2) is 64.0 Å². The number of hydrogen-bond acceptors (Lipinski definition) is 3. The Morgan fingerprint density at radius 1 is 1.09 bits per heavy atom. The molecule has 0 radical (unpaired) electrons. The molecule has 1 saturated carbocycles. The molecule has 2 N–H and O–H groups in total. The van der Waals surface area contributed by atoms with E-state index in [1.54, 1.807) is 18.2 Å². The first-order chi connectivity index (χ1) is 10.9. The molecular formula is C17H18BrNO3S. The van der Waals surface area contributed by atoms with Crippen molar-refractivity contribution < 1.29 is 13.5 Å². The average molecular weight is 396 g/mol. The zero-order valence-electron chi connectivity index (χ0n) is 12.4. The monoisotopic (exact) mass is 395 g/mol. The van der Waals surface area contributed by atoms with Gasteiger partial charge in [0.2, 0.25) is 10.0 Å². The van der Waals surface area contributed by atoms with Gasteiger partial charge in [-0.1, -0.05) is 42.5 Å². The van der Waals surface area contributed by atoms with Crippen molar-refractivity contribution in [3.63, 3.8) is 0 Å². The molecule has 1 aliphatic carbocycles. The quantitative estimate of drug-likeness (QED) is 0.789. The van der Waals surface area contributed by atoms with Crippen molar-refractivity contribution in [3.05, 3.63) is 64.6 Å². The summed E-state index contributed by atoms with van der Waals surface area (Å²) in [5.74, 6) is 0.0896. The summed E-state index contributed by atoms with van der Waals surface area (Å²) in [6.07, 6.45) is 1.81. The molecule has 3 rings (SSSR count). The number of halogens is 1. The number of nitrogens with one attached hydrogen (secondary N) is 1. The van der Waals surface area contributed by atoms with E-state index in [0.717, 1.165) is 18.4 Å². The summed E-state index contributed by atoms with van der Waals surface area (Å²) in [5, 5.41) is 11.1. The standard InChI is InChI=1S/C17H18BrNO3S/c18-15-8-4-5-9-16(15)23(21,22)19-12-17(20,14-10-11-14)13-6-2-1-3-7-13/h1-9,14,19-20H,10-12H2/t17-/m1/s1. The SMILES string of the molecule is O=S(=O)(NC[C@@](O)(c1ccccc1)C1CC1)c1ccccc1Br. The largest absolute Gasteiger partial charge is 0.383 e. The normalized spacial score (nSPS) is 17.7. The van der Waals surface area contributed by atoms with Crippen LogP contribution in [0.4, 0.5) is 0 Å². The van der Waals surface area contributed by atoms with Gasteiger partial charge in [-0.3, -0.25) is 0 Å². The van der Waals surface area contributed by atoms with E-state index in [2.05, 4.69) is 20.7 Å². The molecule has 0 saturated heterocycles. The van der Waals surface area contributed by atoms with E-state index >= 15 is 0 Å². The second-order valence-corrected chi connectivity index (χ2v) is 8.41. The molecule has 1 aliphatic rings. The van der Waals surface area contributed by atoms with Crippen LogP contribution in [-0.4, -0.2) is 20.1 Å². The molecule has 6 heteroatoms. The number of hydrogen-bond donors (Lipinski definition) is 2. The van der Waals surface area contributed by atoms with E-state index in [-0.39, 0.29) is 17.4 Å². The summed E-state index contributed by atoms with van der Waals surface area (Å²) < 4.78 is 28.1. The van der Waals surface area contributed by atoms with Gasteiger partial charge < -0.3 is 5.11 Å². The average Bonchev–Trinajstić information content (AvgIpc) is 3.39. The summed E-state index contributed by atoms with van der Waals surface area (Å²) in [6.45, 7) is -0.0364. The maximum atomic E-state index is 12.5. The van der Waals surface area contributed by atoms with Crippen LogP contribution in [-0.2, 0) is 15.6 Å². The Morgan fingerprint density at radius 2 is 1.70 bits per heavy atom. The lowest BCUT2D eigenvalue weighted by atomic mass is 9.89. The predicted molar refractivity (Wildman–Crippen MR) is 92.4 cm³/mol. The second-order valence-electron chi connectivity index (χ2n) is 5.82. The van der Waals surface area contributed by atoms with Gasteiger partial charge in [0.25, 0.3) is 0 Å². The van der Waals surface area contributed by atoms with Crippen molar-refractivity contribution in [3.8, 4) is 0 Å². The fourth-order valence-corrected chi connectivity index (χ4v) is 4.79. The minimum absolute atomic E-state index is 0.0364. The highest BCUT2D eigenvalue weighted by Gasteiger charge is 2.45. The molecule has 122 valence electrons. The van der Waals surface area contributed by atoms with Gasteiger partial charge in [-0.25, -0.2) is 13.1 Å². The molecule has 23 heavy (non-hydrogen) atoms. The Morgan fingerprint density at radius 3 is 2.30 bits per heavy atom. The van der Waals surface area contributed by atoms with E-state index in [0.29, 0.717) is 4.47 Å². The van der Waals surface area contributed by atoms with Gasteiger partial charge >= 0.3 is 0 Å². The van der Waals surface area contributed by atoms with Crippen LogP contribution in [0.25, 0.3) is 0 Å². The summed E-state index contributed by atoms with van der Waals surface area (Å²) in [4.78, 5) is 0.172. The molecule has 1 fully saturated rings. The highest BCUT2D eigenvalue weighted by molar-refractivity contribution is 9.10. The van der Waals surface area contributed by atoms with Crippen LogP contribution >= 0.6 is 15.9 Å². The summed E-state index contributed by atoms with van der Waals surface area (Å²) in [6, 6.07) is 15.9. The minimum atomic E-state index is -3.69. The molecule has 0 aliphatic heterocycles. The van der Waals surface area contributed by atoms with Crippen molar-refractivity contribution in [2.24, 2.45) is 5.92 Å². The topological polar surface area (TPSA) is 66.4 Å². The summed E-state index contributed by atoms with van der Waals surface area (Å²) in [7, 11) is -3.69. The number of rotatable bonds is 6. The molecule has 2 aromatic rings. The van der Waals surface area contributed by atoms with Gasteiger partial charge in [0.05, 0.1) is 4.90 Å². The third kappa shape index (κ3) is 3.50. The van der Waals surface area contributed by atoms with Crippen LogP contribution in [0.1, 0.15) is 18.4 Å².